The molecule has 202 valence electrons. The van der Waals surface area contributed by atoms with Crippen molar-refractivity contribution in [1.82, 2.24) is 0 Å². The number of carboxylic acids is 1. The van der Waals surface area contributed by atoms with Gasteiger partial charge in [-0.1, -0.05) is 38.2 Å². The molecule has 9 heteroatoms. The molecule has 0 amide bonds. The minimum absolute atomic E-state index is 0.0160. The summed E-state index contributed by atoms with van der Waals surface area (Å²) in [7, 11) is 0. The van der Waals surface area contributed by atoms with Gasteiger partial charge in [-0.15, -0.1) is 0 Å². The number of esters is 1. The minimum atomic E-state index is -1.06. The van der Waals surface area contributed by atoms with Crippen molar-refractivity contribution in [2.24, 2.45) is 11.8 Å². The molecule has 0 aromatic carbocycles. The number of unbranched alkanes of at least 4 members (excludes halogenated alkanes) is 5. The number of carbonyl (C=O) groups is 2. The van der Waals surface area contributed by atoms with E-state index in [1.165, 1.54) is 6.08 Å². The average molecular weight is 501 g/mol. The van der Waals surface area contributed by atoms with Crippen LogP contribution in [-0.4, -0.2) is 82.2 Å². The van der Waals surface area contributed by atoms with Gasteiger partial charge in [0, 0.05) is 24.3 Å². The number of hydrogen-bond donors (Lipinski definition) is 4. The largest absolute Gasteiger partial charge is 0.481 e. The Morgan fingerprint density at radius 3 is 2.34 bits per heavy atom. The van der Waals surface area contributed by atoms with Gasteiger partial charge < -0.3 is 34.6 Å². The second-order valence-electron chi connectivity index (χ2n) is 10.2. The minimum Gasteiger partial charge on any atom is -0.481 e. The molecule has 2 aliphatic rings. The third-order valence-electron chi connectivity index (χ3n) is 7.09. The summed E-state index contributed by atoms with van der Waals surface area (Å²) in [5.41, 5.74) is 0.708. The Hall–Kier alpha value is -1.52. The Morgan fingerprint density at radius 1 is 1.03 bits per heavy atom. The van der Waals surface area contributed by atoms with Gasteiger partial charge in [0.15, 0.2) is 0 Å². The van der Waals surface area contributed by atoms with Crippen molar-refractivity contribution in [3.05, 3.63) is 11.6 Å². The van der Waals surface area contributed by atoms with E-state index in [-0.39, 0.29) is 30.5 Å². The number of carboxylic acid groups (broad SMARTS) is 1. The Balaban J connectivity index is 1.62. The topological polar surface area (TPSA) is 146 Å². The lowest BCUT2D eigenvalue weighted by Crippen LogP contribution is -2.50. The van der Waals surface area contributed by atoms with E-state index in [4.69, 9.17) is 19.3 Å². The molecule has 0 saturated carbocycles. The van der Waals surface area contributed by atoms with Gasteiger partial charge in [0.05, 0.1) is 43.7 Å². The number of carbonyl (C=O) groups excluding carboxylic acids is 1. The number of rotatable bonds is 16. The van der Waals surface area contributed by atoms with E-state index >= 15 is 0 Å². The highest BCUT2D eigenvalue weighted by Crippen LogP contribution is 2.38. The SMILES string of the molecule is CC(=CC(=O)OCCCCCCCCC(=O)O)C[C@@H]1OC[C@H](C[C@@H]2O[C@H]2[C@@H](C)[C@H](C)O)[C@@H](O)[C@H]1O. The molecule has 9 nitrogen and oxygen atoms in total. The van der Waals surface area contributed by atoms with E-state index < -0.39 is 36.4 Å². The van der Waals surface area contributed by atoms with Crippen LogP contribution in [0.25, 0.3) is 0 Å². The van der Waals surface area contributed by atoms with Gasteiger partial charge in [-0.3, -0.25) is 4.79 Å². The molecule has 35 heavy (non-hydrogen) atoms. The predicted octanol–water partition coefficient (Wildman–Crippen LogP) is 2.59. The van der Waals surface area contributed by atoms with Crippen molar-refractivity contribution in [1.29, 1.82) is 0 Å². The molecular weight excluding hydrogens is 456 g/mol. The summed E-state index contributed by atoms with van der Waals surface area (Å²) in [6.07, 6.45) is 4.61. The normalized spacial score (nSPS) is 30.5. The summed E-state index contributed by atoms with van der Waals surface area (Å²) in [4.78, 5) is 22.5. The molecular formula is C26H44O9. The van der Waals surface area contributed by atoms with E-state index in [0.717, 1.165) is 32.1 Å². The van der Waals surface area contributed by atoms with Crippen LogP contribution in [0.1, 0.15) is 78.6 Å². The van der Waals surface area contributed by atoms with Crippen molar-refractivity contribution < 1.29 is 44.2 Å². The summed E-state index contributed by atoms with van der Waals surface area (Å²) in [5, 5.41) is 39.5. The summed E-state index contributed by atoms with van der Waals surface area (Å²) in [6, 6.07) is 0. The maximum absolute atomic E-state index is 12.1. The van der Waals surface area contributed by atoms with Gasteiger partial charge in [-0.25, -0.2) is 4.79 Å². The fourth-order valence-electron chi connectivity index (χ4n) is 4.59. The first-order valence-corrected chi connectivity index (χ1v) is 13.0. The highest BCUT2D eigenvalue weighted by molar-refractivity contribution is 5.82. The number of ether oxygens (including phenoxy) is 3. The van der Waals surface area contributed by atoms with E-state index in [0.29, 0.717) is 38.0 Å². The van der Waals surface area contributed by atoms with Crippen molar-refractivity contribution in [3.63, 3.8) is 0 Å². The zero-order valence-electron chi connectivity index (χ0n) is 21.3. The van der Waals surface area contributed by atoms with Crippen molar-refractivity contribution in [2.75, 3.05) is 13.2 Å². The summed E-state index contributed by atoms with van der Waals surface area (Å²) in [6.45, 7) is 6.07. The fourth-order valence-corrected chi connectivity index (χ4v) is 4.59. The van der Waals surface area contributed by atoms with Crippen LogP contribution in [0.5, 0.6) is 0 Å². The van der Waals surface area contributed by atoms with Gasteiger partial charge in [-0.2, -0.15) is 0 Å². The molecule has 2 saturated heterocycles. The van der Waals surface area contributed by atoms with Crippen LogP contribution in [0, 0.1) is 11.8 Å². The van der Waals surface area contributed by atoms with Crippen molar-refractivity contribution in [2.45, 2.75) is 115 Å². The summed E-state index contributed by atoms with van der Waals surface area (Å²) in [5.74, 6) is -1.42. The Labute approximate surface area is 208 Å². The van der Waals surface area contributed by atoms with Crippen LogP contribution in [0.4, 0.5) is 0 Å². The maximum Gasteiger partial charge on any atom is 0.330 e. The lowest BCUT2D eigenvalue weighted by molar-refractivity contribution is -0.165. The van der Waals surface area contributed by atoms with Crippen LogP contribution < -0.4 is 0 Å². The van der Waals surface area contributed by atoms with Crippen LogP contribution in [0.3, 0.4) is 0 Å². The van der Waals surface area contributed by atoms with Gasteiger partial charge in [0.1, 0.15) is 6.10 Å². The maximum atomic E-state index is 12.1. The number of aliphatic carboxylic acids is 1. The molecule has 4 N–H and O–H groups in total. The Morgan fingerprint density at radius 2 is 1.69 bits per heavy atom. The molecule has 0 aromatic heterocycles. The van der Waals surface area contributed by atoms with E-state index in [2.05, 4.69) is 0 Å². The highest BCUT2D eigenvalue weighted by Gasteiger charge is 2.48. The van der Waals surface area contributed by atoms with Gasteiger partial charge >= 0.3 is 11.9 Å². The van der Waals surface area contributed by atoms with Gasteiger partial charge in [-0.05, 0) is 39.5 Å². The molecule has 0 unspecified atom stereocenters. The molecule has 8 atom stereocenters. The third-order valence-corrected chi connectivity index (χ3v) is 7.09. The summed E-state index contributed by atoms with van der Waals surface area (Å²) >= 11 is 0. The first kappa shape index (κ1) is 29.7. The number of aliphatic hydroxyl groups is 3. The molecule has 0 aromatic rings. The van der Waals surface area contributed by atoms with E-state index in [1.807, 2.05) is 6.92 Å². The smallest absolute Gasteiger partial charge is 0.330 e. The zero-order chi connectivity index (χ0) is 26.0. The molecule has 2 fully saturated rings. The van der Waals surface area contributed by atoms with E-state index in [9.17, 15) is 24.9 Å². The predicted molar refractivity (Wildman–Crippen MR) is 129 cm³/mol. The van der Waals surface area contributed by atoms with Crippen LogP contribution >= 0.6 is 0 Å². The van der Waals surface area contributed by atoms with Crippen LogP contribution in [-0.2, 0) is 23.8 Å². The first-order chi connectivity index (χ1) is 16.6. The fraction of sp³-hybridized carbons (Fsp3) is 0.846. The average Bonchev–Trinajstić information content (AvgIpc) is 3.55. The standard InChI is InChI=1S/C26H44O9/c1-16(13-23(30)33-11-9-7-5-4-6-8-10-22(28)29)12-20-25(32)24(31)19(15-34-20)14-21-26(35-21)17(2)18(3)27/h13,17-21,24-27,31-32H,4-12,14-15H2,1-3H3,(H,28,29)/t17-,18-,19-,20-,21-,24+,25-,26-/m0/s1. The monoisotopic (exact) mass is 500 g/mol. The van der Waals surface area contributed by atoms with Crippen LogP contribution in [0.15, 0.2) is 11.6 Å². The van der Waals surface area contributed by atoms with E-state index in [1.54, 1.807) is 13.8 Å². The Kier molecular flexibility index (Phi) is 12.6. The molecule has 0 aliphatic carbocycles. The van der Waals surface area contributed by atoms with Crippen LogP contribution in [0.2, 0.25) is 0 Å². The summed E-state index contributed by atoms with van der Waals surface area (Å²) < 4.78 is 16.7. The molecule has 2 rings (SSSR count). The lowest BCUT2D eigenvalue weighted by Gasteiger charge is -2.38. The second kappa shape index (κ2) is 14.9. The number of epoxide rings is 1. The molecule has 0 bridgehead atoms. The Bertz CT molecular complexity index is 692. The van der Waals surface area contributed by atoms with Gasteiger partial charge in [0.25, 0.3) is 0 Å². The van der Waals surface area contributed by atoms with Crippen molar-refractivity contribution >= 4 is 11.9 Å². The third kappa shape index (κ3) is 10.6. The highest BCUT2D eigenvalue weighted by atomic mass is 16.6. The quantitative estimate of drug-likeness (QED) is 0.109. The second-order valence-corrected chi connectivity index (χ2v) is 10.2. The molecule has 2 aliphatic heterocycles. The van der Waals surface area contributed by atoms with Gasteiger partial charge in [0.2, 0.25) is 0 Å². The van der Waals surface area contributed by atoms with Crippen molar-refractivity contribution in [3.8, 4) is 0 Å². The number of aliphatic hydroxyl groups excluding tert-OH is 3. The molecule has 0 spiro atoms. The zero-order valence-corrected chi connectivity index (χ0v) is 21.3. The molecule has 2 heterocycles. The first-order valence-electron chi connectivity index (χ1n) is 13.0. The molecule has 0 radical (unpaired) electrons. The lowest BCUT2D eigenvalue weighted by atomic mass is 9.85. The number of hydrogen-bond acceptors (Lipinski definition) is 8.